The number of nitrogens with two attached hydrogens (primary N) is 1. The molecule has 0 fully saturated rings. The fourth-order valence-corrected chi connectivity index (χ4v) is 2.23. The molecule has 4 heteroatoms. The predicted molar refractivity (Wildman–Crippen MR) is 67.4 cm³/mol. The van der Waals surface area contributed by atoms with Gasteiger partial charge in [-0.15, -0.1) is 0 Å². The highest BCUT2D eigenvalue weighted by atomic mass is 32.1. The summed E-state index contributed by atoms with van der Waals surface area (Å²) in [4.78, 5) is 4.22. The van der Waals surface area contributed by atoms with Crippen molar-refractivity contribution < 1.29 is 0 Å². The summed E-state index contributed by atoms with van der Waals surface area (Å²) < 4.78 is 1.13. The van der Waals surface area contributed by atoms with Gasteiger partial charge in [-0.05, 0) is 39.0 Å². The molecular formula is C11H15N3S. The largest absolute Gasteiger partial charge is 0.380 e. The van der Waals surface area contributed by atoms with Gasteiger partial charge in [0.15, 0.2) is 5.13 Å². The number of nitrogens with zero attached hydrogens (tertiary/aromatic N) is 1. The fourth-order valence-electron chi connectivity index (χ4n) is 1.45. The Morgan fingerprint density at radius 1 is 1.33 bits per heavy atom. The average Bonchev–Trinajstić information content (AvgIpc) is 2.40. The van der Waals surface area contributed by atoms with Crippen molar-refractivity contribution in [2.24, 2.45) is 0 Å². The third kappa shape index (κ3) is 2.39. The molecule has 0 amide bonds. The van der Waals surface area contributed by atoms with Crippen LogP contribution in [0.4, 0.5) is 10.8 Å². The smallest absolute Gasteiger partial charge is 0.181 e. The minimum Gasteiger partial charge on any atom is -0.380 e. The standard InChI is InChI=1S/C11H15N3S/c1-11(2,3)14-7-4-5-8-9(6-7)15-10(12)13-8/h4-6,14H,1-3H3,(H2,12,13). The van der Waals surface area contributed by atoms with Gasteiger partial charge in [0.25, 0.3) is 0 Å². The SMILES string of the molecule is CC(C)(C)Nc1ccc2nc(N)sc2c1. The van der Waals surface area contributed by atoms with Crippen LogP contribution in [0.25, 0.3) is 10.2 Å². The van der Waals surface area contributed by atoms with Crippen LogP contribution in [0.2, 0.25) is 0 Å². The van der Waals surface area contributed by atoms with Crippen molar-refractivity contribution >= 4 is 32.4 Å². The molecule has 3 nitrogen and oxygen atoms in total. The molecule has 0 saturated heterocycles. The van der Waals surface area contributed by atoms with Crippen LogP contribution < -0.4 is 11.1 Å². The summed E-state index contributed by atoms with van der Waals surface area (Å²) in [7, 11) is 0. The average molecular weight is 221 g/mol. The van der Waals surface area contributed by atoms with E-state index in [0.717, 1.165) is 15.9 Å². The molecule has 2 rings (SSSR count). The number of nitrogens with one attached hydrogen (secondary N) is 1. The van der Waals surface area contributed by atoms with E-state index in [-0.39, 0.29) is 5.54 Å². The Morgan fingerprint density at radius 2 is 2.07 bits per heavy atom. The van der Waals surface area contributed by atoms with Gasteiger partial charge in [-0.25, -0.2) is 4.98 Å². The van der Waals surface area contributed by atoms with Crippen LogP contribution in [-0.2, 0) is 0 Å². The number of benzene rings is 1. The van der Waals surface area contributed by atoms with Crippen molar-refractivity contribution in [2.75, 3.05) is 11.1 Å². The maximum absolute atomic E-state index is 5.65. The van der Waals surface area contributed by atoms with E-state index in [1.807, 2.05) is 12.1 Å². The summed E-state index contributed by atoms with van der Waals surface area (Å²) in [5, 5.41) is 4.04. The lowest BCUT2D eigenvalue weighted by Gasteiger charge is -2.21. The Bertz CT molecular complexity index is 482. The summed E-state index contributed by atoms with van der Waals surface area (Å²) in [5.41, 5.74) is 7.81. The van der Waals surface area contributed by atoms with Crippen molar-refractivity contribution in [3.05, 3.63) is 18.2 Å². The van der Waals surface area contributed by atoms with Crippen LogP contribution in [-0.4, -0.2) is 10.5 Å². The highest BCUT2D eigenvalue weighted by molar-refractivity contribution is 7.22. The van der Waals surface area contributed by atoms with E-state index >= 15 is 0 Å². The zero-order chi connectivity index (χ0) is 11.1. The van der Waals surface area contributed by atoms with E-state index < -0.39 is 0 Å². The number of aromatic nitrogens is 1. The third-order valence-electron chi connectivity index (χ3n) is 1.92. The van der Waals surface area contributed by atoms with Crippen LogP contribution in [0.5, 0.6) is 0 Å². The molecule has 0 radical (unpaired) electrons. The number of fused-ring (bicyclic) bond motifs is 1. The van der Waals surface area contributed by atoms with E-state index in [4.69, 9.17) is 5.73 Å². The van der Waals surface area contributed by atoms with Crippen molar-refractivity contribution in [3.63, 3.8) is 0 Å². The number of hydrogen-bond donors (Lipinski definition) is 2. The van der Waals surface area contributed by atoms with Gasteiger partial charge in [0.2, 0.25) is 0 Å². The molecule has 0 saturated carbocycles. The van der Waals surface area contributed by atoms with Gasteiger partial charge in [0.05, 0.1) is 10.2 Å². The van der Waals surface area contributed by atoms with E-state index in [1.165, 1.54) is 11.3 Å². The second-order valence-corrected chi connectivity index (χ2v) is 5.67. The first-order chi connectivity index (χ1) is 6.94. The van der Waals surface area contributed by atoms with E-state index in [0.29, 0.717) is 5.13 Å². The highest BCUT2D eigenvalue weighted by Crippen LogP contribution is 2.27. The van der Waals surface area contributed by atoms with Crippen LogP contribution in [0.1, 0.15) is 20.8 Å². The maximum atomic E-state index is 5.65. The molecule has 2 aromatic rings. The van der Waals surface area contributed by atoms with Gasteiger partial charge in [0, 0.05) is 11.2 Å². The van der Waals surface area contributed by atoms with Crippen molar-refractivity contribution in [1.82, 2.24) is 4.98 Å². The molecule has 0 atom stereocenters. The van der Waals surface area contributed by atoms with Crippen LogP contribution in [0.3, 0.4) is 0 Å². The van der Waals surface area contributed by atoms with Gasteiger partial charge >= 0.3 is 0 Å². The fraction of sp³-hybridized carbons (Fsp3) is 0.364. The molecule has 0 spiro atoms. The van der Waals surface area contributed by atoms with E-state index in [2.05, 4.69) is 37.1 Å². The summed E-state index contributed by atoms with van der Waals surface area (Å²) in [6.45, 7) is 6.41. The molecule has 15 heavy (non-hydrogen) atoms. The Kier molecular flexibility index (Phi) is 2.31. The molecule has 80 valence electrons. The molecule has 0 aliphatic carbocycles. The third-order valence-corrected chi connectivity index (χ3v) is 2.77. The first-order valence-electron chi connectivity index (χ1n) is 4.88. The number of rotatable bonds is 1. The molecule has 1 heterocycles. The summed E-state index contributed by atoms with van der Waals surface area (Å²) in [5.74, 6) is 0. The second kappa shape index (κ2) is 3.38. The lowest BCUT2D eigenvalue weighted by Crippen LogP contribution is -2.25. The normalized spacial score (nSPS) is 11.9. The molecule has 0 aliphatic heterocycles. The van der Waals surface area contributed by atoms with E-state index in [9.17, 15) is 0 Å². The number of thiazole rings is 1. The number of anilines is 2. The van der Waals surface area contributed by atoms with Crippen LogP contribution in [0, 0.1) is 0 Å². The van der Waals surface area contributed by atoms with Gasteiger partial charge in [-0.3, -0.25) is 0 Å². The summed E-state index contributed by atoms with van der Waals surface area (Å²) in [6.07, 6.45) is 0. The summed E-state index contributed by atoms with van der Waals surface area (Å²) >= 11 is 1.52. The summed E-state index contributed by atoms with van der Waals surface area (Å²) in [6, 6.07) is 6.12. The van der Waals surface area contributed by atoms with Crippen molar-refractivity contribution in [3.8, 4) is 0 Å². The molecule has 1 aromatic carbocycles. The second-order valence-electron chi connectivity index (χ2n) is 4.61. The van der Waals surface area contributed by atoms with Crippen LogP contribution in [0.15, 0.2) is 18.2 Å². The maximum Gasteiger partial charge on any atom is 0.181 e. The monoisotopic (exact) mass is 221 g/mol. The first kappa shape index (κ1) is 10.2. The minimum atomic E-state index is 0.0733. The Hall–Kier alpha value is -1.29. The van der Waals surface area contributed by atoms with Crippen molar-refractivity contribution in [2.45, 2.75) is 26.3 Å². The van der Waals surface area contributed by atoms with Gasteiger partial charge in [-0.2, -0.15) is 0 Å². The first-order valence-corrected chi connectivity index (χ1v) is 5.70. The quantitative estimate of drug-likeness (QED) is 0.778. The Morgan fingerprint density at radius 3 is 2.73 bits per heavy atom. The number of nitrogen functional groups attached to an aromatic ring is 1. The molecule has 0 unspecified atom stereocenters. The molecule has 1 aromatic heterocycles. The Balaban J connectivity index is 2.38. The molecule has 0 bridgehead atoms. The van der Waals surface area contributed by atoms with E-state index in [1.54, 1.807) is 0 Å². The molecule has 3 N–H and O–H groups in total. The lowest BCUT2D eigenvalue weighted by molar-refractivity contribution is 0.634. The zero-order valence-corrected chi connectivity index (χ0v) is 9.98. The van der Waals surface area contributed by atoms with Gasteiger partial charge in [-0.1, -0.05) is 11.3 Å². The minimum absolute atomic E-state index is 0.0733. The Labute approximate surface area is 93.3 Å². The zero-order valence-electron chi connectivity index (χ0n) is 9.16. The van der Waals surface area contributed by atoms with Gasteiger partial charge in [0.1, 0.15) is 0 Å². The lowest BCUT2D eigenvalue weighted by atomic mass is 10.1. The highest BCUT2D eigenvalue weighted by Gasteiger charge is 2.10. The van der Waals surface area contributed by atoms with Crippen molar-refractivity contribution in [1.29, 1.82) is 0 Å². The van der Waals surface area contributed by atoms with Gasteiger partial charge < -0.3 is 11.1 Å². The predicted octanol–water partition coefficient (Wildman–Crippen LogP) is 3.09. The number of hydrogen-bond acceptors (Lipinski definition) is 4. The molecule has 0 aliphatic rings. The van der Waals surface area contributed by atoms with Crippen LogP contribution >= 0.6 is 11.3 Å². The topological polar surface area (TPSA) is 50.9 Å². The molecular weight excluding hydrogens is 206 g/mol.